The number of halogens is 2. The molecule has 6 heteroatoms. The highest BCUT2D eigenvalue weighted by molar-refractivity contribution is 14.1. The van der Waals surface area contributed by atoms with Crippen molar-refractivity contribution in [1.82, 2.24) is 5.32 Å². The number of hydrogen-bond acceptors (Lipinski definition) is 2. The normalized spacial score (nSPS) is 10.5. The Morgan fingerprint density at radius 2 is 1.91 bits per heavy atom. The third-order valence-corrected chi connectivity index (χ3v) is 3.83. The average molecular weight is 443 g/mol. The summed E-state index contributed by atoms with van der Waals surface area (Å²) in [5.74, 6) is -0.303. The molecule has 0 aromatic heterocycles. The Labute approximate surface area is 152 Å². The van der Waals surface area contributed by atoms with Crippen molar-refractivity contribution < 1.29 is 4.79 Å². The molecule has 2 N–H and O–H groups in total. The molecule has 1 amide bonds. The summed E-state index contributed by atoms with van der Waals surface area (Å²) in [4.78, 5) is 11.8. The SMILES string of the molecule is O=C(C=Cc1ccccc1)NC(=S)Nc1ccc(I)cc1Cl. The Hall–Kier alpha value is -1.44. The summed E-state index contributed by atoms with van der Waals surface area (Å²) in [5, 5.41) is 6.22. The minimum absolute atomic E-state index is 0.200. The number of carbonyl (C=O) groups is 1. The summed E-state index contributed by atoms with van der Waals surface area (Å²) in [7, 11) is 0. The van der Waals surface area contributed by atoms with Crippen LogP contribution in [0.25, 0.3) is 6.08 Å². The molecule has 0 radical (unpaired) electrons. The van der Waals surface area contributed by atoms with Crippen molar-refractivity contribution in [3.63, 3.8) is 0 Å². The molecule has 0 bridgehead atoms. The number of thiocarbonyl (C=S) groups is 1. The molecule has 3 nitrogen and oxygen atoms in total. The Morgan fingerprint density at radius 3 is 2.59 bits per heavy atom. The molecule has 2 rings (SSSR count). The van der Waals surface area contributed by atoms with Crippen molar-refractivity contribution in [2.75, 3.05) is 5.32 Å². The first-order chi connectivity index (χ1) is 10.5. The maximum Gasteiger partial charge on any atom is 0.250 e. The molecule has 2 aromatic carbocycles. The number of rotatable bonds is 3. The summed E-state index contributed by atoms with van der Waals surface area (Å²) in [6, 6.07) is 15.1. The molecule has 0 fully saturated rings. The number of nitrogens with one attached hydrogen (secondary N) is 2. The van der Waals surface area contributed by atoms with Gasteiger partial charge < -0.3 is 5.32 Å². The van der Waals surface area contributed by atoms with Crippen LogP contribution in [0, 0.1) is 3.57 Å². The molecule has 0 saturated heterocycles. The third-order valence-electron chi connectivity index (χ3n) is 2.64. The van der Waals surface area contributed by atoms with E-state index >= 15 is 0 Å². The van der Waals surface area contributed by atoms with Gasteiger partial charge in [0.15, 0.2) is 5.11 Å². The van der Waals surface area contributed by atoms with E-state index in [-0.39, 0.29) is 11.0 Å². The topological polar surface area (TPSA) is 41.1 Å². The molecular weight excluding hydrogens is 431 g/mol. The molecule has 0 spiro atoms. The summed E-state index contributed by atoms with van der Waals surface area (Å²) in [6.45, 7) is 0. The van der Waals surface area contributed by atoms with Gasteiger partial charge in [0.05, 0.1) is 10.7 Å². The second-order valence-electron chi connectivity index (χ2n) is 4.31. The summed E-state index contributed by atoms with van der Waals surface area (Å²) in [6.07, 6.45) is 3.15. The largest absolute Gasteiger partial charge is 0.331 e. The Kier molecular flexibility index (Phi) is 6.35. The maximum absolute atomic E-state index is 11.8. The molecule has 112 valence electrons. The van der Waals surface area contributed by atoms with E-state index in [4.69, 9.17) is 23.8 Å². The van der Waals surface area contributed by atoms with Gasteiger partial charge in [-0.3, -0.25) is 10.1 Å². The van der Waals surface area contributed by atoms with Crippen molar-refractivity contribution in [3.8, 4) is 0 Å². The zero-order valence-electron chi connectivity index (χ0n) is 11.3. The van der Waals surface area contributed by atoms with Crippen LogP contribution in [0.15, 0.2) is 54.6 Å². The molecule has 0 unspecified atom stereocenters. The van der Waals surface area contributed by atoms with E-state index in [0.29, 0.717) is 10.7 Å². The van der Waals surface area contributed by atoms with E-state index in [1.165, 1.54) is 6.08 Å². The summed E-state index contributed by atoms with van der Waals surface area (Å²) >= 11 is 13.4. The van der Waals surface area contributed by atoms with E-state index < -0.39 is 0 Å². The zero-order chi connectivity index (χ0) is 15.9. The van der Waals surface area contributed by atoms with Crippen molar-refractivity contribution in [2.24, 2.45) is 0 Å². The van der Waals surface area contributed by atoms with Crippen LogP contribution in [0.4, 0.5) is 5.69 Å². The van der Waals surface area contributed by atoms with E-state index in [9.17, 15) is 4.79 Å². The summed E-state index contributed by atoms with van der Waals surface area (Å²) < 4.78 is 1.02. The van der Waals surface area contributed by atoms with Gasteiger partial charge in [0.25, 0.3) is 0 Å². The van der Waals surface area contributed by atoms with Gasteiger partial charge in [-0.2, -0.15) is 0 Å². The molecule has 2 aromatic rings. The first-order valence-corrected chi connectivity index (χ1v) is 8.21. The van der Waals surface area contributed by atoms with Crippen molar-refractivity contribution in [2.45, 2.75) is 0 Å². The van der Waals surface area contributed by atoms with Crippen LogP contribution in [-0.2, 0) is 4.79 Å². The first-order valence-electron chi connectivity index (χ1n) is 6.35. The van der Waals surface area contributed by atoms with Crippen LogP contribution in [0.1, 0.15) is 5.56 Å². The Bertz CT molecular complexity index is 719. The van der Waals surface area contributed by atoms with Gasteiger partial charge in [0.1, 0.15) is 0 Å². The second-order valence-corrected chi connectivity index (χ2v) is 6.37. The van der Waals surface area contributed by atoms with E-state index in [0.717, 1.165) is 9.13 Å². The van der Waals surface area contributed by atoms with Crippen LogP contribution >= 0.6 is 46.4 Å². The molecule has 22 heavy (non-hydrogen) atoms. The second kappa shape index (κ2) is 8.26. The molecular formula is C16H12ClIN2OS. The van der Waals surface area contributed by atoms with Crippen LogP contribution < -0.4 is 10.6 Å². The Balaban J connectivity index is 1.91. The highest BCUT2D eigenvalue weighted by Gasteiger charge is 2.05. The van der Waals surface area contributed by atoms with Gasteiger partial charge >= 0.3 is 0 Å². The fourth-order valence-electron chi connectivity index (χ4n) is 1.63. The van der Waals surface area contributed by atoms with Gasteiger partial charge in [-0.1, -0.05) is 41.9 Å². The van der Waals surface area contributed by atoms with Gasteiger partial charge in [-0.05, 0) is 64.6 Å². The molecule has 0 saturated carbocycles. The van der Waals surface area contributed by atoms with E-state index in [2.05, 4.69) is 33.2 Å². The van der Waals surface area contributed by atoms with Crippen molar-refractivity contribution in [1.29, 1.82) is 0 Å². The lowest BCUT2D eigenvalue weighted by atomic mass is 10.2. The lowest BCUT2D eigenvalue weighted by Crippen LogP contribution is -2.32. The molecule has 0 aliphatic carbocycles. The van der Waals surface area contributed by atoms with E-state index in [1.54, 1.807) is 6.08 Å². The number of carbonyl (C=O) groups excluding carboxylic acids is 1. The monoisotopic (exact) mass is 442 g/mol. The quantitative estimate of drug-likeness (QED) is 0.419. The predicted octanol–water partition coefficient (Wildman–Crippen LogP) is 4.47. The summed E-state index contributed by atoms with van der Waals surface area (Å²) in [5.41, 5.74) is 1.59. The maximum atomic E-state index is 11.8. The van der Waals surface area contributed by atoms with Crippen molar-refractivity contribution >= 4 is 69.2 Å². The predicted molar refractivity (Wildman–Crippen MR) is 104 cm³/mol. The van der Waals surface area contributed by atoms with Gasteiger partial charge in [-0.25, -0.2) is 0 Å². The van der Waals surface area contributed by atoms with Crippen LogP contribution in [0.3, 0.4) is 0 Å². The van der Waals surface area contributed by atoms with Crippen LogP contribution in [0.5, 0.6) is 0 Å². The number of amides is 1. The van der Waals surface area contributed by atoms with Gasteiger partial charge in [0, 0.05) is 9.65 Å². The standard InChI is InChI=1S/C16H12ClIN2OS/c17-13-10-12(18)7-8-14(13)19-16(22)20-15(21)9-6-11-4-2-1-3-5-11/h1-10H,(H2,19,20,21,22). The number of hydrogen-bond donors (Lipinski definition) is 2. The fraction of sp³-hybridized carbons (Fsp3) is 0. The minimum atomic E-state index is -0.303. The van der Waals surface area contributed by atoms with Crippen LogP contribution in [-0.4, -0.2) is 11.0 Å². The van der Waals surface area contributed by atoms with Crippen molar-refractivity contribution in [3.05, 3.63) is 68.8 Å². The highest BCUT2D eigenvalue weighted by atomic mass is 127. The minimum Gasteiger partial charge on any atom is -0.331 e. The van der Waals surface area contributed by atoms with Gasteiger partial charge in [0.2, 0.25) is 5.91 Å². The third kappa shape index (κ3) is 5.40. The zero-order valence-corrected chi connectivity index (χ0v) is 15.1. The van der Waals surface area contributed by atoms with E-state index in [1.807, 2.05) is 48.5 Å². The smallest absolute Gasteiger partial charge is 0.250 e. The lowest BCUT2D eigenvalue weighted by Gasteiger charge is -2.09. The average Bonchev–Trinajstić information content (AvgIpc) is 2.49. The first kappa shape index (κ1) is 16.9. The molecule has 0 atom stereocenters. The number of benzene rings is 2. The highest BCUT2D eigenvalue weighted by Crippen LogP contribution is 2.23. The fourth-order valence-corrected chi connectivity index (χ4v) is 2.75. The Morgan fingerprint density at radius 1 is 1.18 bits per heavy atom. The van der Waals surface area contributed by atoms with Crippen LogP contribution in [0.2, 0.25) is 5.02 Å². The number of anilines is 1. The van der Waals surface area contributed by atoms with Gasteiger partial charge in [-0.15, -0.1) is 0 Å². The molecule has 0 heterocycles. The molecule has 0 aliphatic rings. The molecule has 0 aliphatic heterocycles. The lowest BCUT2D eigenvalue weighted by molar-refractivity contribution is -0.115.